The summed E-state index contributed by atoms with van der Waals surface area (Å²) in [7, 11) is 0. The van der Waals surface area contributed by atoms with E-state index in [1.165, 1.54) is 19.3 Å². The van der Waals surface area contributed by atoms with E-state index in [-0.39, 0.29) is 11.8 Å². The van der Waals surface area contributed by atoms with Gasteiger partial charge < -0.3 is 10.1 Å². The molecule has 2 aliphatic carbocycles. The number of fused-ring (bicyclic) bond motifs is 2. The molecule has 0 aromatic heterocycles. The van der Waals surface area contributed by atoms with Crippen LogP contribution >= 0.6 is 11.6 Å². The minimum absolute atomic E-state index is 0.219. The van der Waals surface area contributed by atoms with Crippen molar-refractivity contribution < 1.29 is 9.53 Å². The quantitative estimate of drug-likeness (QED) is 0.846. The molecule has 1 aromatic carbocycles. The molecule has 3 unspecified atom stereocenters. The highest BCUT2D eigenvalue weighted by molar-refractivity contribution is 6.30. The van der Waals surface area contributed by atoms with Crippen LogP contribution in [0.1, 0.15) is 25.7 Å². The summed E-state index contributed by atoms with van der Waals surface area (Å²) < 4.78 is 5.56. The molecular formula is C16H20ClNO2. The minimum Gasteiger partial charge on any atom is -0.492 e. The van der Waals surface area contributed by atoms with Gasteiger partial charge in [-0.2, -0.15) is 0 Å². The highest BCUT2D eigenvalue weighted by atomic mass is 35.5. The van der Waals surface area contributed by atoms with Crippen molar-refractivity contribution in [1.29, 1.82) is 0 Å². The molecule has 3 nitrogen and oxygen atoms in total. The van der Waals surface area contributed by atoms with Gasteiger partial charge in [-0.1, -0.05) is 18.0 Å². The second-order valence-corrected chi connectivity index (χ2v) is 6.31. The lowest BCUT2D eigenvalue weighted by molar-refractivity contribution is -0.126. The van der Waals surface area contributed by atoms with E-state index in [0.29, 0.717) is 24.1 Å². The third-order valence-electron chi connectivity index (χ3n) is 4.56. The number of nitrogens with one attached hydrogen (secondary N) is 1. The van der Waals surface area contributed by atoms with Crippen LogP contribution in [0.15, 0.2) is 24.3 Å². The van der Waals surface area contributed by atoms with Gasteiger partial charge in [0.05, 0.1) is 6.54 Å². The van der Waals surface area contributed by atoms with Gasteiger partial charge in [0, 0.05) is 10.9 Å². The maximum atomic E-state index is 12.1. The second kappa shape index (κ2) is 6.04. The highest BCUT2D eigenvalue weighted by Gasteiger charge is 2.42. The van der Waals surface area contributed by atoms with E-state index in [0.717, 1.165) is 18.1 Å². The number of hydrogen-bond acceptors (Lipinski definition) is 2. The fraction of sp³-hybridized carbons (Fsp3) is 0.562. The van der Waals surface area contributed by atoms with Crippen LogP contribution < -0.4 is 10.1 Å². The van der Waals surface area contributed by atoms with Crippen molar-refractivity contribution in [2.75, 3.05) is 13.2 Å². The minimum atomic E-state index is 0.219. The van der Waals surface area contributed by atoms with Crippen molar-refractivity contribution >= 4 is 17.5 Å². The highest BCUT2D eigenvalue weighted by Crippen LogP contribution is 2.48. The lowest BCUT2D eigenvalue weighted by Crippen LogP contribution is -2.36. The van der Waals surface area contributed by atoms with Crippen LogP contribution in [0.5, 0.6) is 5.75 Å². The smallest absolute Gasteiger partial charge is 0.223 e. The van der Waals surface area contributed by atoms with E-state index < -0.39 is 0 Å². The first-order chi connectivity index (χ1) is 9.72. The summed E-state index contributed by atoms with van der Waals surface area (Å²) in [5, 5.41) is 3.70. The number of amides is 1. The zero-order chi connectivity index (χ0) is 13.9. The van der Waals surface area contributed by atoms with E-state index in [4.69, 9.17) is 16.3 Å². The molecule has 2 saturated carbocycles. The Bertz CT molecular complexity index is 474. The molecule has 3 atom stereocenters. The van der Waals surface area contributed by atoms with Crippen molar-refractivity contribution in [3.63, 3.8) is 0 Å². The Morgan fingerprint density at radius 3 is 2.70 bits per heavy atom. The molecule has 108 valence electrons. The van der Waals surface area contributed by atoms with E-state index >= 15 is 0 Å². The zero-order valence-corrected chi connectivity index (χ0v) is 12.2. The van der Waals surface area contributed by atoms with E-state index in [9.17, 15) is 4.79 Å². The van der Waals surface area contributed by atoms with Crippen LogP contribution in [0.25, 0.3) is 0 Å². The van der Waals surface area contributed by atoms with Gasteiger partial charge in [0.2, 0.25) is 5.91 Å². The Balaban J connectivity index is 1.37. The van der Waals surface area contributed by atoms with Gasteiger partial charge >= 0.3 is 0 Å². The van der Waals surface area contributed by atoms with Crippen LogP contribution in [0, 0.1) is 17.8 Å². The van der Waals surface area contributed by atoms with Crippen molar-refractivity contribution in [2.24, 2.45) is 17.8 Å². The molecule has 1 N–H and O–H groups in total. The molecule has 0 radical (unpaired) electrons. The third kappa shape index (κ3) is 3.09. The molecule has 0 spiro atoms. The van der Waals surface area contributed by atoms with Crippen molar-refractivity contribution in [3.8, 4) is 5.75 Å². The zero-order valence-electron chi connectivity index (χ0n) is 11.5. The first-order valence-corrected chi connectivity index (χ1v) is 7.76. The molecule has 0 aliphatic heterocycles. The first-order valence-electron chi connectivity index (χ1n) is 7.38. The summed E-state index contributed by atoms with van der Waals surface area (Å²) in [5.41, 5.74) is 0. The van der Waals surface area contributed by atoms with Crippen LogP contribution in [0.4, 0.5) is 0 Å². The second-order valence-electron chi connectivity index (χ2n) is 5.87. The lowest BCUT2D eigenvalue weighted by Gasteiger charge is -2.20. The molecule has 2 bridgehead atoms. The predicted molar refractivity (Wildman–Crippen MR) is 78.9 cm³/mol. The van der Waals surface area contributed by atoms with E-state index in [2.05, 4.69) is 5.32 Å². The van der Waals surface area contributed by atoms with E-state index in [1.807, 2.05) is 12.1 Å². The average Bonchev–Trinajstić information content (AvgIpc) is 3.08. The number of rotatable bonds is 5. The number of ether oxygens (including phenoxy) is 1. The topological polar surface area (TPSA) is 38.3 Å². The van der Waals surface area contributed by atoms with Crippen molar-refractivity contribution in [3.05, 3.63) is 29.3 Å². The van der Waals surface area contributed by atoms with Gasteiger partial charge in [0.25, 0.3) is 0 Å². The molecule has 0 heterocycles. The monoisotopic (exact) mass is 293 g/mol. The number of benzene rings is 1. The maximum Gasteiger partial charge on any atom is 0.223 e. The van der Waals surface area contributed by atoms with Gasteiger partial charge in [0.15, 0.2) is 0 Å². The normalized spacial score (nSPS) is 27.6. The Hall–Kier alpha value is -1.22. The number of halogens is 1. The molecule has 3 rings (SSSR count). The Labute approximate surface area is 124 Å². The molecule has 4 heteroatoms. The maximum absolute atomic E-state index is 12.1. The number of carbonyl (C=O) groups excluding carboxylic acids is 1. The molecule has 1 aromatic rings. The Morgan fingerprint density at radius 1 is 1.25 bits per heavy atom. The predicted octanol–water partition coefficient (Wildman–Crippen LogP) is 3.27. The lowest BCUT2D eigenvalue weighted by atomic mass is 9.88. The molecule has 2 aliphatic rings. The number of hydrogen-bond donors (Lipinski definition) is 1. The summed E-state index contributed by atoms with van der Waals surface area (Å²) in [6.07, 6.45) is 4.92. The fourth-order valence-electron chi connectivity index (χ4n) is 3.57. The van der Waals surface area contributed by atoms with Gasteiger partial charge in [0.1, 0.15) is 12.4 Å². The van der Waals surface area contributed by atoms with Crippen LogP contribution in [0.3, 0.4) is 0 Å². The summed E-state index contributed by atoms with van der Waals surface area (Å²) in [6.45, 7) is 1.06. The summed E-state index contributed by atoms with van der Waals surface area (Å²) in [6, 6.07) is 7.26. The average molecular weight is 294 g/mol. The van der Waals surface area contributed by atoms with Gasteiger partial charge in [-0.15, -0.1) is 0 Å². The first kappa shape index (κ1) is 13.7. The fourth-order valence-corrected chi connectivity index (χ4v) is 3.70. The van der Waals surface area contributed by atoms with Crippen molar-refractivity contribution in [1.82, 2.24) is 5.32 Å². The summed E-state index contributed by atoms with van der Waals surface area (Å²) in [4.78, 5) is 12.1. The standard InChI is InChI=1S/C16H20ClNO2/c17-13-3-5-14(6-4-13)20-8-7-18-16(19)15-10-11-1-2-12(15)9-11/h3-6,11-12,15H,1-2,7-10H2,(H,18,19). The summed E-state index contributed by atoms with van der Waals surface area (Å²) in [5.74, 6) is 2.70. The molecule has 2 fully saturated rings. The van der Waals surface area contributed by atoms with Crippen LogP contribution in [-0.4, -0.2) is 19.1 Å². The SMILES string of the molecule is O=C(NCCOc1ccc(Cl)cc1)C1CC2CCC1C2. The van der Waals surface area contributed by atoms with Crippen LogP contribution in [0.2, 0.25) is 5.02 Å². The van der Waals surface area contributed by atoms with Crippen LogP contribution in [-0.2, 0) is 4.79 Å². The molecule has 20 heavy (non-hydrogen) atoms. The molecule has 1 amide bonds. The largest absolute Gasteiger partial charge is 0.492 e. The Morgan fingerprint density at radius 2 is 2.05 bits per heavy atom. The van der Waals surface area contributed by atoms with Crippen molar-refractivity contribution in [2.45, 2.75) is 25.7 Å². The molecule has 0 saturated heterocycles. The summed E-state index contributed by atoms with van der Waals surface area (Å²) >= 11 is 5.81. The third-order valence-corrected chi connectivity index (χ3v) is 4.81. The van der Waals surface area contributed by atoms with Gasteiger partial charge in [-0.05, 0) is 55.4 Å². The number of carbonyl (C=O) groups is 1. The van der Waals surface area contributed by atoms with Gasteiger partial charge in [-0.3, -0.25) is 4.79 Å². The van der Waals surface area contributed by atoms with E-state index in [1.54, 1.807) is 12.1 Å². The molecular weight excluding hydrogens is 274 g/mol. The Kier molecular flexibility index (Phi) is 4.16. The van der Waals surface area contributed by atoms with Gasteiger partial charge in [-0.25, -0.2) is 0 Å².